The zero-order valence-corrected chi connectivity index (χ0v) is 18.6. The summed E-state index contributed by atoms with van der Waals surface area (Å²) in [4.78, 5) is 12.0. The van der Waals surface area contributed by atoms with Crippen molar-refractivity contribution < 1.29 is 13.2 Å². The fourth-order valence-electron chi connectivity index (χ4n) is 2.36. The molecule has 0 saturated carbocycles. The van der Waals surface area contributed by atoms with Crippen LogP contribution in [0.25, 0.3) is 0 Å². The largest absolute Gasteiger partial charge is 0.300 e. The van der Waals surface area contributed by atoms with Gasteiger partial charge in [0.25, 0.3) is 0 Å². The molecule has 2 heterocycles. The van der Waals surface area contributed by atoms with Crippen LogP contribution < -0.4 is 5.32 Å². The van der Waals surface area contributed by atoms with Crippen molar-refractivity contribution in [3.63, 3.8) is 0 Å². The molecular weight excluding hydrogens is 469 g/mol. The quantitative estimate of drug-likeness (QED) is 0.470. The molecule has 1 aromatic carbocycles. The number of sulfone groups is 1. The molecule has 2 aromatic rings. The summed E-state index contributed by atoms with van der Waals surface area (Å²) in [7, 11) is -2.93. The fourth-order valence-corrected chi connectivity index (χ4v) is 8.32. The zero-order valence-electron chi connectivity index (χ0n) is 13.9. The number of nitrogens with one attached hydrogen (secondary N) is 1. The van der Waals surface area contributed by atoms with Crippen LogP contribution in [0.3, 0.4) is 0 Å². The van der Waals surface area contributed by atoms with E-state index in [0.717, 1.165) is 5.56 Å². The Labute approximate surface area is 179 Å². The van der Waals surface area contributed by atoms with Crippen molar-refractivity contribution in [3.8, 4) is 0 Å². The van der Waals surface area contributed by atoms with Crippen molar-refractivity contribution in [2.24, 2.45) is 0 Å². The van der Waals surface area contributed by atoms with Crippen LogP contribution in [0.4, 0.5) is 5.13 Å². The minimum Gasteiger partial charge on any atom is -0.300 e. The molecule has 0 aliphatic carbocycles. The molecule has 1 aromatic heterocycles. The lowest BCUT2D eigenvalue weighted by Gasteiger charge is -2.06. The maximum Gasteiger partial charge on any atom is 0.236 e. The molecule has 0 bridgehead atoms. The molecule has 1 unspecified atom stereocenters. The molecule has 0 spiro atoms. The molecule has 146 valence electrons. The molecule has 1 saturated heterocycles. The third-order valence-corrected chi connectivity index (χ3v) is 9.68. The number of benzene rings is 1. The van der Waals surface area contributed by atoms with Gasteiger partial charge < -0.3 is 0 Å². The fraction of sp³-hybridized carbons (Fsp3) is 0.400. The van der Waals surface area contributed by atoms with Gasteiger partial charge in [0.1, 0.15) is 0 Å². The molecule has 1 fully saturated rings. The normalized spacial score (nSPS) is 18.5. The first kappa shape index (κ1) is 21.2. The van der Waals surface area contributed by atoms with E-state index in [-0.39, 0.29) is 28.4 Å². The first-order valence-corrected chi connectivity index (χ1v) is 13.3. The molecule has 3 rings (SSSR count). The number of thioether (sulfide) groups is 2. The Hall–Kier alpha value is -0.520. The smallest absolute Gasteiger partial charge is 0.236 e. The Balaban J connectivity index is 1.47. The van der Waals surface area contributed by atoms with Crippen LogP contribution in [0.2, 0.25) is 10.0 Å². The number of hydrogen-bond donors (Lipinski definition) is 1. The molecule has 1 aliphatic rings. The summed E-state index contributed by atoms with van der Waals surface area (Å²) < 4.78 is 23.6. The maximum absolute atomic E-state index is 12.0. The van der Waals surface area contributed by atoms with E-state index in [1.54, 1.807) is 18.2 Å². The van der Waals surface area contributed by atoms with E-state index >= 15 is 0 Å². The minimum atomic E-state index is -2.93. The van der Waals surface area contributed by atoms with E-state index in [9.17, 15) is 13.2 Å². The molecule has 1 atom stereocenters. The Kier molecular flexibility index (Phi) is 7.32. The summed E-state index contributed by atoms with van der Waals surface area (Å²) >= 11 is 16.4. The topological polar surface area (TPSA) is 89.0 Å². The molecule has 27 heavy (non-hydrogen) atoms. The van der Waals surface area contributed by atoms with Crippen LogP contribution >= 0.6 is 58.1 Å². The van der Waals surface area contributed by atoms with Crippen molar-refractivity contribution in [2.45, 2.75) is 21.8 Å². The molecule has 6 nitrogen and oxygen atoms in total. The van der Waals surface area contributed by atoms with Crippen LogP contribution in [0.5, 0.6) is 0 Å². The van der Waals surface area contributed by atoms with E-state index in [4.69, 9.17) is 23.2 Å². The number of amides is 1. The molecule has 0 radical (unpaired) electrons. The number of hydrogen-bond acceptors (Lipinski definition) is 8. The molecule has 1 N–H and O–H groups in total. The summed E-state index contributed by atoms with van der Waals surface area (Å²) in [6.45, 7) is 0. The van der Waals surface area contributed by atoms with Crippen molar-refractivity contribution in [3.05, 3.63) is 33.8 Å². The van der Waals surface area contributed by atoms with Crippen LogP contribution in [0.1, 0.15) is 12.0 Å². The highest BCUT2D eigenvalue weighted by atomic mass is 35.5. The number of aromatic nitrogens is 2. The van der Waals surface area contributed by atoms with Gasteiger partial charge in [0.2, 0.25) is 11.0 Å². The van der Waals surface area contributed by atoms with Crippen LogP contribution in [-0.2, 0) is 20.4 Å². The lowest BCUT2D eigenvalue weighted by molar-refractivity contribution is -0.113. The monoisotopic (exact) mass is 483 g/mol. The number of halogens is 2. The highest BCUT2D eigenvalue weighted by Gasteiger charge is 2.28. The second-order valence-electron chi connectivity index (χ2n) is 5.75. The zero-order chi connectivity index (χ0) is 19.4. The van der Waals surface area contributed by atoms with Crippen LogP contribution in [-0.4, -0.2) is 47.0 Å². The van der Waals surface area contributed by atoms with E-state index in [0.29, 0.717) is 31.7 Å². The maximum atomic E-state index is 12.0. The van der Waals surface area contributed by atoms with Crippen LogP contribution in [0.15, 0.2) is 22.5 Å². The number of nitrogens with zero attached hydrogens (tertiary/aromatic N) is 2. The molecule has 1 amide bonds. The van der Waals surface area contributed by atoms with E-state index in [1.165, 1.54) is 34.9 Å². The van der Waals surface area contributed by atoms with E-state index < -0.39 is 9.84 Å². The Morgan fingerprint density at radius 3 is 2.70 bits per heavy atom. The van der Waals surface area contributed by atoms with Gasteiger partial charge in [-0.25, -0.2) is 8.42 Å². The van der Waals surface area contributed by atoms with Gasteiger partial charge >= 0.3 is 0 Å². The summed E-state index contributed by atoms with van der Waals surface area (Å²) in [6, 6.07) is 5.35. The number of anilines is 1. The van der Waals surface area contributed by atoms with Crippen LogP contribution in [0, 0.1) is 0 Å². The van der Waals surface area contributed by atoms with Gasteiger partial charge in [-0.3, -0.25) is 10.1 Å². The van der Waals surface area contributed by atoms with E-state index in [1.807, 2.05) is 0 Å². The molecular formula is C15H15Cl2N3O3S4. The van der Waals surface area contributed by atoms with Gasteiger partial charge in [-0.2, -0.15) is 0 Å². The van der Waals surface area contributed by atoms with Gasteiger partial charge in [0.05, 0.1) is 17.3 Å². The second-order valence-corrected chi connectivity index (χ2v) is 12.3. The molecule has 1 aliphatic heterocycles. The Bertz CT molecular complexity index is 916. The SMILES string of the molecule is O=C(CSC1CCS(=O)(=O)C1)Nc1nnc(SCc2c(Cl)cccc2Cl)s1. The van der Waals surface area contributed by atoms with Crippen molar-refractivity contribution >= 4 is 78.9 Å². The standard InChI is InChI=1S/C15H15Cl2N3O3S4/c16-11-2-1-3-12(17)10(11)6-25-15-20-19-14(26-15)18-13(21)7-24-9-4-5-27(22,23)8-9/h1-3,9H,4-8H2,(H,18,19,21). The average Bonchev–Trinajstić information content (AvgIpc) is 3.18. The predicted octanol–water partition coefficient (Wildman–Crippen LogP) is 4.00. The van der Waals surface area contributed by atoms with Gasteiger partial charge in [0, 0.05) is 21.0 Å². The van der Waals surface area contributed by atoms with Crippen molar-refractivity contribution in [1.82, 2.24) is 10.2 Å². The van der Waals surface area contributed by atoms with Gasteiger partial charge in [-0.1, -0.05) is 52.4 Å². The first-order valence-electron chi connectivity index (χ1n) is 7.83. The third-order valence-electron chi connectivity index (χ3n) is 3.70. The first-order chi connectivity index (χ1) is 12.8. The third kappa shape index (κ3) is 6.23. The summed E-state index contributed by atoms with van der Waals surface area (Å²) in [5, 5.41) is 12.3. The number of carbonyl (C=O) groups excluding carboxylic acids is 1. The lowest BCUT2D eigenvalue weighted by Crippen LogP contribution is -2.17. The average molecular weight is 484 g/mol. The summed E-state index contributed by atoms with van der Waals surface area (Å²) in [5.41, 5.74) is 0.828. The van der Waals surface area contributed by atoms with Gasteiger partial charge in [0.15, 0.2) is 14.2 Å². The second kappa shape index (κ2) is 9.32. The Morgan fingerprint density at radius 1 is 1.30 bits per heavy atom. The number of rotatable bonds is 7. The molecule has 12 heteroatoms. The highest BCUT2D eigenvalue weighted by Crippen LogP contribution is 2.33. The van der Waals surface area contributed by atoms with Gasteiger partial charge in [-0.05, 0) is 24.1 Å². The Morgan fingerprint density at radius 2 is 2.04 bits per heavy atom. The minimum absolute atomic E-state index is 0.0124. The lowest BCUT2D eigenvalue weighted by atomic mass is 10.2. The van der Waals surface area contributed by atoms with Crippen molar-refractivity contribution in [1.29, 1.82) is 0 Å². The van der Waals surface area contributed by atoms with Gasteiger partial charge in [-0.15, -0.1) is 22.0 Å². The summed E-state index contributed by atoms with van der Waals surface area (Å²) in [6.07, 6.45) is 0.602. The van der Waals surface area contributed by atoms with Crippen molar-refractivity contribution in [2.75, 3.05) is 22.6 Å². The number of carbonyl (C=O) groups is 1. The van der Waals surface area contributed by atoms with E-state index in [2.05, 4.69) is 15.5 Å². The predicted molar refractivity (Wildman–Crippen MR) is 114 cm³/mol. The highest BCUT2D eigenvalue weighted by molar-refractivity contribution is 8.02. The summed E-state index contributed by atoms with van der Waals surface area (Å²) in [5.74, 6) is 0.879.